The summed E-state index contributed by atoms with van der Waals surface area (Å²) in [5, 5.41) is 8.79. The number of hydrogen-bond donors (Lipinski definition) is 1. The van der Waals surface area contributed by atoms with Crippen LogP contribution in [0.5, 0.6) is 11.5 Å². The monoisotopic (exact) mass is 296 g/mol. The maximum Gasteiger partial charge on any atom is 0.420 e. The lowest BCUT2D eigenvalue weighted by molar-refractivity contribution is -0.138. The number of rotatable bonds is 3. The molecule has 0 bridgehead atoms. The minimum atomic E-state index is -4.70. The maximum atomic E-state index is 13.0. The molecule has 0 aliphatic rings. The number of aryl methyl sites for hydroxylation is 1. The highest BCUT2D eigenvalue weighted by Crippen LogP contribution is 2.39. The molecule has 21 heavy (non-hydrogen) atoms. The van der Waals surface area contributed by atoms with Crippen molar-refractivity contribution in [3.8, 4) is 11.5 Å². The van der Waals surface area contributed by atoms with Gasteiger partial charge in [-0.1, -0.05) is 18.2 Å². The Hall–Kier alpha value is -2.50. The van der Waals surface area contributed by atoms with Crippen molar-refractivity contribution in [2.24, 2.45) is 0 Å². The lowest BCUT2D eigenvalue weighted by Gasteiger charge is -2.15. The Morgan fingerprint density at radius 1 is 1.10 bits per heavy atom. The van der Waals surface area contributed by atoms with E-state index < -0.39 is 29.0 Å². The molecule has 6 heteroatoms. The molecular formula is C15H11F3O3. The average molecular weight is 296 g/mol. The number of para-hydroxylation sites is 1. The fourth-order valence-corrected chi connectivity index (χ4v) is 1.76. The molecule has 0 amide bonds. The fourth-order valence-electron chi connectivity index (χ4n) is 1.76. The number of hydrogen-bond acceptors (Lipinski definition) is 2. The van der Waals surface area contributed by atoms with Gasteiger partial charge in [-0.05, 0) is 36.8 Å². The summed E-state index contributed by atoms with van der Waals surface area (Å²) in [4.78, 5) is 10.8. The molecule has 0 fully saturated rings. The van der Waals surface area contributed by atoms with Crippen LogP contribution in [0.3, 0.4) is 0 Å². The van der Waals surface area contributed by atoms with Crippen LogP contribution in [0.25, 0.3) is 0 Å². The van der Waals surface area contributed by atoms with E-state index in [4.69, 9.17) is 9.84 Å². The summed E-state index contributed by atoms with van der Waals surface area (Å²) in [5.41, 5.74) is -0.891. The lowest BCUT2D eigenvalue weighted by Crippen LogP contribution is -2.09. The van der Waals surface area contributed by atoms with Crippen LogP contribution in [0, 0.1) is 6.92 Å². The molecular weight excluding hydrogens is 285 g/mol. The highest BCUT2D eigenvalue weighted by molar-refractivity contribution is 5.88. The van der Waals surface area contributed by atoms with Gasteiger partial charge in [0.25, 0.3) is 0 Å². The van der Waals surface area contributed by atoms with E-state index >= 15 is 0 Å². The molecule has 110 valence electrons. The molecule has 0 saturated carbocycles. The van der Waals surface area contributed by atoms with Crippen LogP contribution in [0.2, 0.25) is 0 Å². The normalized spacial score (nSPS) is 11.2. The molecule has 0 radical (unpaired) electrons. The second kappa shape index (κ2) is 5.47. The van der Waals surface area contributed by atoms with Crippen molar-refractivity contribution in [3.63, 3.8) is 0 Å². The summed E-state index contributed by atoms with van der Waals surface area (Å²) in [6, 6.07) is 9.27. The molecule has 0 atom stereocenters. The largest absolute Gasteiger partial charge is 0.478 e. The third-order valence-electron chi connectivity index (χ3n) is 2.85. The van der Waals surface area contributed by atoms with Crippen molar-refractivity contribution in [3.05, 3.63) is 59.2 Å². The zero-order valence-electron chi connectivity index (χ0n) is 10.9. The number of carbonyl (C=O) groups is 1. The SMILES string of the molecule is Cc1ccccc1Oc1ccc(C(=O)O)cc1C(F)(F)F. The number of aromatic carboxylic acids is 1. The quantitative estimate of drug-likeness (QED) is 0.906. The number of carboxylic acids is 1. The smallest absolute Gasteiger partial charge is 0.420 e. The van der Waals surface area contributed by atoms with Gasteiger partial charge >= 0.3 is 12.1 Å². The molecule has 1 N–H and O–H groups in total. The zero-order chi connectivity index (χ0) is 15.6. The number of ether oxygens (including phenoxy) is 1. The standard InChI is InChI=1S/C15H11F3O3/c1-9-4-2-3-5-12(9)21-13-7-6-10(14(19)20)8-11(13)15(16,17)18/h2-8H,1H3,(H,19,20). The van der Waals surface area contributed by atoms with Gasteiger partial charge in [0.2, 0.25) is 0 Å². The van der Waals surface area contributed by atoms with Crippen LogP contribution >= 0.6 is 0 Å². The zero-order valence-corrected chi connectivity index (χ0v) is 10.9. The van der Waals surface area contributed by atoms with Crippen LogP contribution in [0.4, 0.5) is 13.2 Å². The Bertz CT molecular complexity index is 678. The predicted octanol–water partition coefficient (Wildman–Crippen LogP) is 4.50. The number of benzene rings is 2. The van der Waals surface area contributed by atoms with E-state index in [0.29, 0.717) is 11.6 Å². The van der Waals surface area contributed by atoms with Crippen molar-refractivity contribution >= 4 is 5.97 Å². The molecule has 3 nitrogen and oxygen atoms in total. The van der Waals surface area contributed by atoms with Crippen LogP contribution in [-0.4, -0.2) is 11.1 Å². The summed E-state index contributed by atoms with van der Waals surface area (Å²) in [6.07, 6.45) is -4.70. The summed E-state index contributed by atoms with van der Waals surface area (Å²) in [6.45, 7) is 1.70. The molecule has 0 aliphatic carbocycles. The molecule has 2 rings (SSSR count). The number of carboxylic acid groups (broad SMARTS) is 1. The molecule has 2 aromatic rings. The summed E-state index contributed by atoms with van der Waals surface area (Å²) >= 11 is 0. The minimum absolute atomic E-state index is 0.283. The third-order valence-corrected chi connectivity index (χ3v) is 2.85. The van der Waals surface area contributed by atoms with E-state index in [0.717, 1.165) is 12.1 Å². The Balaban J connectivity index is 2.48. The summed E-state index contributed by atoms with van der Waals surface area (Å²) in [7, 11) is 0. The van der Waals surface area contributed by atoms with Crippen molar-refractivity contribution in [2.45, 2.75) is 13.1 Å². The van der Waals surface area contributed by atoms with Gasteiger partial charge in [0, 0.05) is 0 Å². The van der Waals surface area contributed by atoms with Crippen molar-refractivity contribution < 1.29 is 27.8 Å². The molecule has 0 aliphatic heterocycles. The molecule has 0 spiro atoms. The van der Waals surface area contributed by atoms with Gasteiger partial charge in [-0.3, -0.25) is 0 Å². The van der Waals surface area contributed by atoms with Crippen LogP contribution < -0.4 is 4.74 Å². The van der Waals surface area contributed by atoms with Gasteiger partial charge in [-0.25, -0.2) is 4.79 Å². The van der Waals surface area contributed by atoms with E-state index in [9.17, 15) is 18.0 Å². The van der Waals surface area contributed by atoms with Crippen LogP contribution in [-0.2, 0) is 6.18 Å². The van der Waals surface area contributed by atoms with Gasteiger partial charge in [0.1, 0.15) is 11.5 Å². The first-order valence-electron chi connectivity index (χ1n) is 5.97. The Morgan fingerprint density at radius 3 is 2.33 bits per heavy atom. The fraction of sp³-hybridized carbons (Fsp3) is 0.133. The number of halogens is 3. The lowest BCUT2D eigenvalue weighted by atomic mass is 10.1. The van der Waals surface area contributed by atoms with Gasteiger partial charge in [-0.2, -0.15) is 13.2 Å². The predicted molar refractivity (Wildman–Crippen MR) is 69.7 cm³/mol. The highest BCUT2D eigenvalue weighted by Gasteiger charge is 2.35. The first-order chi connectivity index (χ1) is 9.79. The van der Waals surface area contributed by atoms with E-state index in [1.165, 1.54) is 0 Å². The molecule has 0 aromatic heterocycles. The highest BCUT2D eigenvalue weighted by atomic mass is 19.4. The average Bonchev–Trinajstić information content (AvgIpc) is 2.40. The molecule has 2 aromatic carbocycles. The molecule has 0 saturated heterocycles. The molecule has 0 heterocycles. The maximum absolute atomic E-state index is 13.0. The van der Waals surface area contributed by atoms with Crippen molar-refractivity contribution in [1.29, 1.82) is 0 Å². The molecule has 0 unspecified atom stereocenters. The van der Waals surface area contributed by atoms with E-state index in [-0.39, 0.29) is 5.75 Å². The Kier molecular flexibility index (Phi) is 3.88. The summed E-state index contributed by atoms with van der Waals surface area (Å²) in [5.74, 6) is -1.57. The van der Waals surface area contributed by atoms with E-state index in [1.54, 1.807) is 31.2 Å². The van der Waals surface area contributed by atoms with Gasteiger partial charge in [0.05, 0.1) is 11.1 Å². The summed E-state index contributed by atoms with van der Waals surface area (Å²) < 4.78 is 44.4. The van der Waals surface area contributed by atoms with Crippen LogP contribution in [0.1, 0.15) is 21.5 Å². The Morgan fingerprint density at radius 2 is 1.76 bits per heavy atom. The van der Waals surface area contributed by atoms with E-state index in [1.807, 2.05) is 0 Å². The topological polar surface area (TPSA) is 46.5 Å². The Labute approximate surface area is 118 Å². The van der Waals surface area contributed by atoms with E-state index in [2.05, 4.69) is 0 Å². The first-order valence-corrected chi connectivity index (χ1v) is 5.97. The van der Waals surface area contributed by atoms with Crippen LogP contribution in [0.15, 0.2) is 42.5 Å². The second-order valence-electron chi connectivity index (χ2n) is 4.38. The van der Waals surface area contributed by atoms with Gasteiger partial charge in [0.15, 0.2) is 0 Å². The van der Waals surface area contributed by atoms with Gasteiger partial charge in [-0.15, -0.1) is 0 Å². The van der Waals surface area contributed by atoms with Gasteiger partial charge < -0.3 is 9.84 Å². The van der Waals surface area contributed by atoms with Crippen molar-refractivity contribution in [2.75, 3.05) is 0 Å². The second-order valence-corrected chi connectivity index (χ2v) is 4.38. The third kappa shape index (κ3) is 3.34. The minimum Gasteiger partial charge on any atom is -0.478 e. The first kappa shape index (κ1) is 14.9. The number of alkyl halides is 3. The van der Waals surface area contributed by atoms with Crippen molar-refractivity contribution in [1.82, 2.24) is 0 Å².